The molecule has 0 fully saturated rings. The Morgan fingerprint density at radius 2 is 1.67 bits per heavy atom. The van der Waals surface area contributed by atoms with Gasteiger partial charge in [-0.05, 0) is 29.8 Å². The Labute approximate surface area is 157 Å². The summed E-state index contributed by atoms with van der Waals surface area (Å²) in [7, 11) is 3.22. The zero-order chi connectivity index (χ0) is 19.1. The highest BCUT2D eigenvalue weighted by Gasteiger charge is 2.07. The van der Waals surface area contributed by atoms with E-state index in [2.05, 4.69) is 20.6 Å². The molecule has 2 N–H and O–H groups in total. The van der Waals surface area contributed by atoms with Crippen LogP contribution in [0.15, 0.2) is 60.9 Å². The summed E-state index contributed by atoms with van der Waals surface area (Å²) in [6.07, 6.45) is 2.97. The highest BCUT2D eigenvalue weighted by molar-refractivity contribution is 5.93. The lowest BCUT2D eigenvalue weighted by Gasteiger charge is -2.08. The summed E-state index contributed by atoms with van der Waals surface area (Å²) < 4.78 is 10.3. The number of hydrogen-bond acceptors (Lipinski definition) is 6. The van der Waals surface area contributed by atoms with E-state index in [1.54, 1.807) is 14.2 Å². The molecule has 0 saturated carbocycles. The van der Waals surface area contributed by atoms with Gasteiger partial charge in [0.25, 0.3) is 5.91 Å². The summed E-state index contributed by atoms with van der Waals surface area (Å²) >= 11 is 0. The molecule has 138 valence electrons. The topological polar surface area (TPSA) is 85.4 Å². The molecule has 0 atom stereocenters. The molecule has 0 unspecified atom stereocenters. The molecule has 0 aliphatic carbocycles. The Bertz CT molecular complexity index is 896. The van der Waals surface area contributed by atoms with Gasteiger partial charge in [-0.15, -0.1) is 0 Å². The molecule has 7 heteroatoms. The summed E-state index contributed by atoms with van der Waals surface area (Å²) in [5.74, 6) is 1.67. The monoisotopic (exact) mass is 364 g/mol. The van der Waals surface area contributed by atoms with E-state index in [4.69, 9.17) is 9.47 Å². The van der Waals surface area contributed by atoms with E-state index in [0.717, 1.165) is 22.7 Å². The van der Waals surface area contributed by atoms with Crippen LogP contribution in [-0.2, 0) is 6.54 Å². The average molecular weight is 364 g/mol. The molecule has 0 aliphatic rings. The van der Waals surface area contributed by atoms with E-state index >= 15 is 0 Å². The normalized spacial score (nSPS) is 10.1. The number of carbonyl (C=O) groups excluding carboxylic acids is 1. The number of aromatic nitrogens is 2. The molecule has 3 aromatic rings. The fourth-order valence-corrected chi connectivity index (χ4v) is 2.37. The first-order chi connectivity index (χ1) is 13.2. The molecule has 0 radical (unpaired) electrons. The summed E-state index contributed by atoms with van der Waals surface area (Å²) in [5.41, 5.74) is 2.16. The van der Waals surface area contributed by atoms with Crippen LogP contribution in [0.5, 0.6) is 11.5 Å². The largest absolute Gasteiger partial charge is 0.497 e. The highest BCUT2D eigenvalue weighted by atomic mass is 16.5. The van der Waals surface area contributed by atoms with Crippen molar-refractivity contribution in [3.05, 3.63) is 72.1 Å². The van der Waals surface area contributed by atoms with Gasteiger partial charge < -0.3 is 20.1 Å². The Balaban J connectivity index is 1.57. The van der Waals surface area contributed by atoms with Crippen molar-refractivity contribution >= 4 is 17.5 Å². The second-order valence-electron chi connectivity index (χ2n) is 5.68. The van der Waals surface area contributed by atoms with Gasteiger partial charge in [0.2, 0.25) is 5.95 Å². The van der Waals surface area contributed by atoms with Gasteiger partial charge in [0.15, 0.2) is 0 Å². The van der Waals surface area contributed by atoms with Gasteiger partial charge in [-0.25, -0.2) is 9.97 Å². The van der Waals surface area contributed by atoms with Crippen LogP contribution >= 0.6 is 0 Å². The summed E-state index contributed by atoms with van der Waals surface area (Å²) in [4.78, 5) is 20.6. The second-order valence-corrected chi connectivity index (χ2v) is 5.68. The van der Waals surface area contributed by atoms with E-state index < -0.39 is 0 Å². The van der Waals surface area contributed by atoms with E-state index in [1.807, 2.05) is 48.5 Å². The third-order valence-corrected chi connectivity index (χ3v) is 3.85. The van der Waals surface area contributed by atoms with Crippen LogP contribution in [0.2, 0.25) is 0 Å². The minimum absolute atomic E-state index is 0.237. The van der Waals surface area contributed by atoms with Crippen molar-refractivity contribution in [1.82, 2.24) is 15.3 Å². The third-order valence-electron chi connectivity index (χ3n) is 3.85. The highest BCUT2D eigenvalue weighted by Crippen LogP contribution is 2.19. The number of benzene rings is 2. The molecular weight excluding hydrogens is 344 g/mol. The molecule has 0 spiro atoms. The maximum Gasteiger partial charge on any atom is 0.254 e. The number of methoxy groups -OCH3 is 2. The van der Waals surface area contributed by atoms with Crippen LogP contribution in [0.4, 0.5) is 11.6 Å². The number of carbonyl (C=O) groups is 1. The van der Waals surface area contributed by atoms with Crippen LogP contribution in [0, 0.1) is 0 Å². The van der Waals surface area contributed by atoms with Gasteiger partial charge >= 0.3 is 0 Å². The fraction of sp³-hybridized carbons (Fsp3) is 0.150. The minimum Gasteiger partial charge on any atom is -0.497 e. The van der Waals surface area contributed by atoms with Gasteiger partial charge in [0, 0.05) is 30.7 Å². The molecular formula is C20H20N4O3. The smallest absolute Gasteiger partial charge is 0.254 e. The first kappa shape index (κ1) is 18.2. The van der Waals surface area contributed by atoms with Gasteiger partial charge in [-0.2, -0.15) is 0 Å². The first-order valence-corrected chi connectivity index (χ1v) is 8.32. The third kappa shape index (κ3) is 4.94. The van der Waals surface area contributed by atoms with Gasteiger partial charge in [0.05, 0.1) is 19.8 Å². The number of anilines is 2. The molecule has 27 heavy (non-hydrogen) atoms. The van der Waals surface area contributed by atoms with Crippen molar-refractivity contribution in [2.24, 2.45) is 0 Å². The molecule has 1 aromatic heterocycles. The van der Waals surface area contributed by atoms with E-state index in [0.29, 0.717) is 18.1 Å². The van der Waals surface area contributed by atoms with E-state index in [1.165, 1.54) is 12.4 Å². The zero-order valence-corrected chi connectivity index (χ0v) is 15.1. The summed E-state index contributed by atoms with van der Waals surface area (Å²) in [6.45, 7) is 0.409. The van der Waals surface area contributed by atoms with E-state index in [9.17, 15) is 4.79 Å². The average Bonchev–Trinajstić information content (AvgIpc) is 2.73. The Morgan fingerprint density at radius 3 is 2.33 bits per heavy atom. The number of nitrogens with one attached hydrogen (secondary N) is 2. The predicted molar refractivity (Wildman–Crippen MR) is 102 cm³/mol. The van der Waals surface area contributed by atoms with Crippen LogP contribution in [-0.4, -0.2) is 30.1 Å². The minimum atomic E-state index is -0.237. The lowest BCUT2D eigenvalue weighted by atomic mass is 10.2. The Morgan fingerprint density at radius 1 is 0.963 bits per heavy atom. The molecule has 2 aromatic carbocycles. The fourth-order valence-electron chi connectivity index (χ4n) is 2.37. The van der Waals surface area contributed by atoms with Crippen LogP contribution < -0.4 is 20.1 Å². The number of rotatable bonds is 7. The molecule has 3 rings (SSSR count). The predicted octanol–water partition coefficient (Wildman–Crippen LogP) is 3.17. The van der Waals surface area contributed by atoms with Gasteiger partial charge in [-0.1, -0.05) is 18.2 Å². The van der Waals surface area contributed by atoms with Crippen molar-refractivity contribution in [2.45, 2.75) is 6.54 Å². The first-order valence-electron chi connectivity index (χ1n) is 8.32. The maximum absolute atomic E-state index is 12.2. The van der Waals surface area contributed by atoms with Gasteiger partial charge in [0.1, 0.15) is 11.5 Å². The van der Waals surface area contributed by atoms with Crippen molar-refractivity contribution in [1.29, 1.82) is 0 Å². The van der Waals surface area contributed by atoms with Crippen molar-refractivity contribution in [2.75, 3.05) is 19.5 Å². The number of nitrogens with zero attached hydrogens (tertiary/aromatic N) is 2. The Kier molecular flexibility index (Phi) is 5.84. The molecule has 0 aliphatic heterocycles. The molecule has 7 nitrogen and oxygen atoms in total. The molecule has 0 saturated heterocycles. The van der Waals surface area contributed by atoms with Gasteiger partial charge in [-0.3, -0.25) is 4.79 Å². The number of ether oxygens (including phenoxy) is 2. The second kappa shape index (κ2) is 8.66. The maximum atomic E-state index is 12.2. The summed E-state index contributed by atoms with van der Waals surface area (Å²) in [6, 6.07) is 14.9. The SMILES string of the molecule is COc1ccc(CNC(=O)c2cnc(Nc3cccc(OC)c3)nc2)cc1. The zero-order valence-electron chi connectivity index (χ0n) is 15.1. The summed E-state index contributed by atoms with van der Waals surface area (Å²) in [5, 5.41) is 5.91. The van der Waals surface area contributed by atoms with Crippen molar-refractivity contribution in [3.63, 3.8) is 0 Å². The van der Waals surface area contributed by atoms with Crippen LogP contribution in [0.25, 0.3) is 0 Å². The number of hydrogen-bond donors (Lipinski definition) is 2. The molecule has 1 heterocycles. The lowest BCUT2D eigenvalue weighted by molar-refractivity contribution is 0.0950. The molecule has 1 amide bonds. The molecule has 0 bridgehead atoms. The standard InChI is InChI=1S/C20H20N4O3/c1-26-17-8-6-14(7-9-17)11-21-19(25)15-12-22-20(23-13-15)24-16-4-3-5-18(10-16)27-2/h3-10,12-13H,11H2,1-2H3,(H,21,25)(H,22,23,24). The Hall–Kier alpha value is -3.61. The van der Waals surface area contributed by atoms with E-state index in [-0.39, 0.29) is 5.91 Å². The quantitative estimate of drug-likeness (QED) is 0.670. The van der Waals surface area contributed by atoms with Crippen molar-refractivity contribution in [3.8, 4) is 11.5 Å². The van der Waals surface area contributed by atoms with Crippen LogP contribution in [0.1, 0.15) is 15.9 Å². The van der Waals surface area contributed by atoms with Crippen LogP contribution in [0.3, 0.4) is 0 Å². The van der Waals surface area contributed by atoms with Crippen molar-refractivity contribution < 1.29 is 14.3 Å². The number of amides is 1. The lowest BCUT2D eigenvalue weighted by Crippen LogP contribution is -2.23.